The van der Waals surface area contributed by atoms with Crippen LogP contribution in [0.4, 0.5) is 0 Å². The minimum Gasteiger partial charge on any atom is -0.493 e. The number of nitrogens with zero attached hydrogens (tertiary/aromatic N) is 2. The van der Waals surface area contributed by atoms with E-state index in [4.69, 9.17) is 25.6 Å². The van der Waals surface area contributed by atoms with Crippen molar-refractivity contribution in [3.8, 4) is 11.5 Å². The summed E-state index contributed by atoms with van der Waals surface area (Å²) in [5, 5.41) is 4.04. The second kappa shape index (κ2) is 6.38. The SMILES string of the molecule is CCc1noc(COc2c(Cl)cc(C=O)cc2OC)n1. The van der Waals surface area contributed by atoms with E-state index in [-0.39, 0.29) is 11.6 Å². The summed E-state index contributed by atoms with van der Waals surface area (Å²) < 4.78 is 15.7. The van der Waals surface area contributed by atoms with E-state index < -0.39 is 0 Å². The summed E-state index contributed by atoms with van der Waals surface area (Å²) in [7, 11) is 1.47. The Morgan fingerprint density at radius 1 is 1.45 bits per heavy atom. The number of hydrogen-bond donors (Lipinski definition) is 0. The number of carbonyl (C=O) groups excluding carboxylic acids is 1. The third-order valence-corrected chi connectivity index (χ3v) is 2.83. The minimum atomic E-state index is 0.0729. The fourth-order valence-corrected chi connectivity index (χ4v) is 1.85. The van der Waals surface area contributed by atoms with Crippen molar-refractivity contribution in [2.75, 3.05) is 7.11 Å². The van der Waals surface area contributed by atoms with Crippen LogP contribution in [0.5, 0.6) is 11.5 Å². The topological polar surface area (TPSA) is 74.5 Å². The molecule has 1 aromatic carbocycles. The van der Waals surface area contributed by atoms with E-state index in [1.807, 2.05) is 6.92 Å². The van der Waals surface area contributed by atoms with Crippen molar-refractivity contribution in [2.45, 2.75) is 20.0 Å². The van der Waals surface area contributed by atoms with Crippen LogP contribution < -0.4 is 9.47 Å². The average Bonchev–Trinajstić information content (AvgIpc) is 2.93. The molecule has 0 saturated carbocycles. The quantitative estimate of drug-likeness (QED) is 0.763. The van der Waals surface area contributed by atoms with Crippen LogP contribution >= 0.6 is 11.6 Å². The summed E-state index contributed by atoms with van der Waals surface area (Å²) in [5.41, 5.74) is 0.408. The highest BCUT2D eigenvalue weighted by atomic mass is 35.5. The zero-order chi connectivity index (χ0) is 14.5. The Kier molecular flexibility index (Phi) is 4.57. The van der Waals surface area contributed by atoms with E-state index in [1.165, 1.54) is 13.2 Å². The predicted octanol–water partition coefficient (Wildman–Crippen LogP) is 2.69. The Labute approximate surface area is 120 Å². The summed E-state index contributed by atoms with van der Waals surface area (Å²) in [6, 6.07) is 3.04. The number of aldehydes is 1. The van der Waals surface area contributed by atoms with Crippen LogP contribution in [0.3, 0.4) is 0 Å². The van der Waals surface area contributed by atoms with Crippen LogP contribution in [0.2, 0.25) is 5.02 Å². The maximum Gasteiger partial charge on any atom is 0.264 e. The standard InChI is InChI=1S/C13H13ClN2O4/c1-3-11-15-12(20-16-11)7-19-13-9(14)4-8(6-17)5-10(13)18-2/h4-6H,3,7H2,1-2H3. The lowest BCUT2D eigenvalue weighted by Gasteiger charge is -2.11. The molecule has 0 radical (unpaired) electrons. The van der Waals surface area contributed by atoms with Gasteiger partial charge >= 0.3 is 0 Å². The molecule has 0 aliphatic carbocycles. The molecule has 0 unspecified atom stereocenters. The van der Waals surface area contributed by atoms with Gasteiger partial charge in [0.05, 0.1) is 12.1 Å². The Bertz CT molecular complexity index is 612. The molecule has 7 heteroatoms. The molecular formula is C13H13ClN2O4. The number of ether oxygens (including phenoxy) is 2. The van der Waals surface area contributed by atoms with Gasteiger partial charge in [-0.1, -0.05) is 23.7 Å². The lowest BCUT2D eigenvalue weighted by atomic mass is 10.2. The number of aryl methyl sites for hydroxylation is 1. The number of carbonyl (C=O) groups is 1. The largest absolute Gasteiger partial charge is 0.493 e. The van der Waals surface area contributed by atoms with Crippen molar-refractivity contribution in [3.63, 3.8) is 0 Å². The molecule has 6 nitrogen and oxygen atoms in total. The molecule has 20 heavy (non-hydrogen) atoms. The van der Waals surface area contributed by atoms with E-state index in [2.05, 4.69) is 10.1 Å². The highest BCUT2D eigenvalue weighted by Crippen LogP contribution is 2.36. The lowest BCUT2D eigenvalue weighted by Crippen LogP contribution is -2.00. The van der Waals surface area contributed by atoms with Crippen molar-refractivity contribution >= 4 is 17.9 Å². The third kappa shape index (κ3) is 3.08. The fraction of sp³-hybridized carbons (Fsp3) is 0.308. The Balaban J connectivity index is 2.18. The number of rotatable bonds is 6. The van der Waals surface area contributed by atoms with Crippen molar-refractivity contribution in [2.24, 2.45) is 0 Å². The average molecular weight is 297 g/mol. The smallest absolute Gasteiger partial charge is 0.264 e. The van der Waals surface area contributed by atoms with E-state index in [1.54, 1.807) is 6.07 Å². The second-order valence-corrected chi connectivity index (χ2v) is 4.31. The molecule has 0 spiro atoms. The number of aromatic nitrogens is 2. The van der Waals surface area contributed by atoms with Crippen LogP contribution in [0.15, 0.2) is 16.7 Å². The highest BCUT2D eigenvalue weighted by Gasteiger charge is 2.14. The highest BCUT2D eigenvalue weighted by molar-refractivity contribution is 6.32. The van der Waals surface area contributed by atoms with Gasteiger partial charge in [0, 0.05) is 12.0 Å². The van der Waals surface area contributed by atoms with E-state index in [0.717, 1.165) is 0 Å². The molecule has 0 saturated heterocycles. The van der Waals surface area contributed by atoms with Gasteiger partial charge in [-0.15, -0.1) is 0 Å². The normalized spacial score (nSPS) is 10.3. The van der Waals surface area contributed by atoms with Gasteiger partial charge in [0.15, 0.2) is 23.9 Å². The molecular weight excluding hydrogens is 284 g/mol. The lowest BCUT2D eigenvalue weighted by molar-refractivity contribution is 0.112. The maximum absolute atomic E-state index is 10.8. The number of methoxy groups -OCH3 is 1. The fourth-order valence-electron chi connectivity index (χ4n) is 1.57. The molecule has 0 aliphatic heterocycles. The maximum atomic E-state index is 10.8. The number of benzene rings is 1. The summed E-state index contributed by atoms with van der Waals surface area (Å²) in [6.45, 7) is 2.00. The molecule has 0 aliphatic rings. The molecule has 0 fully saturated rings. The molecule has 0 atom stereocenters. The van der Waals surface area contributed by atoms with Gasteiger partial charge in [-0.2, -0.15) is 4.98 Å². The Morgan fingerprint density at radius 3 is 2.85 bits per heavy atom. The summed E-state index contributed by atoms with van der Waals surface area (Å²) >= 11 is 6.06. The van der Waals surface area contributed by atoms with Crippen LogP contribution in [0.1, 0.15) is 29.0 Å². The van der Waals surface area contributed by atoms with Crippen molar-refractivity contribution in [1.29, 1.82) is 0 Å². The number of halogens is 1. The second-order valence-electron chi connectivity index (χ2n) is 3.90. The van der Waals surface area contributed by atoms with Crippen molar-refractivity contribution < 1.29 is 18.8 Å². The van der Waals surface area contributed by atoms with E-state index in [9.17, 15) is 4.79 Å². The van der Waals surface area contributed by atoms with E-state index >= 15 is 0 Å². The molecule has 0 N–H and O–H groups in total. The van der Waals surface area contributed by atoms with E-state index in [0.29, 0.717) is 41.5 Å². The van der Waals surface area contributed by atoms with Crippen molar-refractivity contribution in [1.82, 2.24) is 10.1 Å². The zero-order valence-corrected chi connectivity index (χ0v) is 11.8. The van der Waals surface area contributed by atoms with Gasteiger partial charge in [-0.3, -0.25) is 4.79 Å². The monoisotopic (exact) mass is 296 g/mol. The van der Waals surface area contributed by atoms with Gasteiger partial charge in [0.1, 0.15) is 6.29 Å². The predicted molar refractivity (Wildman–Crippen MR) is 71.4 cm³/mol. The molecule has 0 amide bonds. The molecule has 0 bridgehead atoms. The first kappa shape index (κ1) is 14.3. The van der Waals surface area contributed by atoms with Crippen molar-refractivity contribution in [3.05, 3.63) is 34.4 Å². The molecule has 2 aromatic rings. The summed E-state index contributed by atoms with van der Waals surface area (Å²) in [5.74, 6) is 1.66. The first-order valence-electron chi connectivity index (χ1n) is 5.94. The zero-order valence-electron chi connectivity index (χ0n) is 11.1. The van der Waals surface area contributed by atoms with Crippen LogP contribution in [-0.4, -0.2) is 23.5 Å². The van der Waals surface area contributed by atoms with Crippen LogP contribution in [-0.2, 0) is 13.0 Å². The summed E-state index contributed by atoms with van der Waals surface area (Å²) in [4.78, 5) is 14.9. The molecule has 2 rings (SSSR count). The molecule has 106 valence electrons. The Hall–Kier alpha value is -2.08. The third-order valence-electron chi connectivity index (χ3n) is 2.55. The van der Waals surface area contributed by atoms with Crippen LogP contribution in [0.25, 0.3) is 0 Å². The molecule has 1 heterocycles. The van der Waals surface area contributed by atoms with Gasteiger partial charge in [0.25, 0.3) is 5.89 Å². The Morgan fingerprint density at radius 2 is 2.25 bits per heavy atom. The minimum absolute atomic E-state index is 0.0729. The first-order chi connectivity index (χ1) is 9.67. The van der Waals surface area contributed by atoms with Gasteiger partial charge in [-0.25, -0.2) is 0 Å². The van der Waals surface area contributed by atoms with Gasteiger partial charge in [-0.05, 0) is 12.1 Å². The van der Waals surface area contributed by atoms with Gasteiger partial charge in [0.2, 0.25) is 0 Å². The molecule has 1 aromatic heterocycles. The summed E-state index contributed by atoms with van der Waals surface area (Å²) in [6.07, 6.45) is 1.37. The number of hydrogen-bond acceptors (Lipinski definition) is 6. The van der Waals surface area contributed by atoms with Crippen LogP contribution in [0, 0.1) is 0 Å². The first-order valence-corrected chi connectivity index (χ1v) is 6.32. The van der Waals surface area contributed by atoms with Gasteiger partial charge < -0.3 is 14.0 Å².